The Morgan fingerprint density at radius 2 is 1.95 bits per heavy atom. The lowest BCUT2D eigenvalue weighted by Crippen LogP contribution is -2.39. The van der Waals surface area contributed by atoms with Crippen LogP contribution in [-0.2, 0) is 0 Å². The second-order valence-electron chi connectivity index (χ2n) is 6.01. The predicted octanol–water partition coefficient (Wildman–Crippen LogP) is 4.11. The van der Waals surface area contributed by atoms with E-state index in [1.165, 1.54) is 36.9 Å². The summed E-state index contributed by atoms with van der Waals surface area (Å²) >= 11 is 0. The molecule has 19 heavy (non-hydrogen) atoms. The lowest BCUT2D eigenvalue weighted by Gasteiger charge is -2.39. The van der Waals surface area contributed by atoms with Crippen molar-refractivity contribution in [2.45, 2.75) is 58.0 Å². The van der Waals surface area contributed by atoms with Crippen molar-refractivity contribution in [1.29, 1.82) is 0 Å². The number of hydrogen-bond donors (Lipinski definition) is 1. The summed E-state index contributed by atoms with van der Waals surface area (Å²) in [4.78, 5) is 2.48. The molecule has 0 bridgehead atoms. The maximum Gasteiger partial charge on any atom is 0.0414 e. The Morgan fingerprint density at radius 3 is 2.63 bits per heavy atom. The molecule has 0 heterocycles. The summed E-state index contributed by atoms with van der Waals surface area (Å²) in [6, 6.07) is 9.47. The smallest absolute Gasteiger partial charge is 0.0414 e. The summed E-state index contributed by atoms with van der Waals surface area (Å²) in [6.07, 6.45) is 6.42. The third-order valence-corrected chi connectivity index (χ3v) is 4.72. The highest BCUT2D eigenvalue weighted by Crippen LogP contribution is 2.33. The zero-order valence-electron chi connectivity index (χ0n) is 12.6. The average molecular weight is 260 g/mol. The SMILES string of the molecule is CCC(N)c1ccccc1N(C)C1CCCCC1C. The Hall–Kier alpha value is -1.02. The molecule has 3 atom stereocenters. The first kappa shape index (κ1) is 14.4. The number of anilines is 1. The van der Waals surface area contributed by atoms with Crippen molar-refractivity contribution < 1.29 is 0 Å². The first-order chi connectivity index (χ1) is 9.15. The fourth-order valence-corrected chi connectivity index (χ4v) is 3.39. The molecule has 2 nitrogen and oxygen atoms in total. The van der Waals surface area contributed by atoms with Crippen LogP contribution in [0.4, 0.5) is 5.69 Å². The van der Waals surface area contributed by atoms with Crippen LogP contribution in [0.5, 0.6) is 0 Å². The van der Waals surface area contributed by atoms with Gasteiger partial charge in [0.25, 0.3) is 0 Å². The molecule has 2 rings (SSSR count). The Bertz CT molecular complexity index is 402. The van der Waals surface area contributed by atoms with Gasteiger partial charge in [-0.2, -0.15) is 0 Å². The van der Waals surface area contributed by atoms with Crippen molar-refractivity contribution in [2.75, 3.05) is 11.9 Å². The molecule has 1 fully saturated rings. The molecule has 0 spiro atoms. The fourth-order valence-electron chi connectivity index (χ4n) is 3.39. The number of benzene rings is 1. The predicted molar refractivity (Wildman–Crippen MR) is 83.5 cm³/mol. The van der Waals surface area contributed by atoms with Gasteiger partial charge in [-0.05, 0) is 36.8 Å². The number of rotatable bonds is 4. The Balaban J connectivity index is 2.25. The maximum absolute atomic E-state index is 6.27. The summed E-state index contributed by atoms with van der Waals surface area (Å²) in [5, 5.41) is 0. The minimum absolute atomic E-state index is 0.151. The van der Waals surface area contributed by atoms with E-state index >= 15 is 0 Å². The molecule has 0 aromatic heterocycles. The van der Waals surface area contributed by atoms with Crippen LogP contribution in [0.25, 0.3) is 0 Å². The van der Waals surface area contributed by atoms with Gasteiger partial charge in [-0.25, -0.2) is 0 Å². The molecule has 2 N–H and O–H groups in total. The van der Waals surface area contributed by atoms with Crippen molar-refractivity contribution in [3.05, 3.63) is 29.8 Å². The number of nitrogens with zero attached hydrogens (tertiary/aromatic N) is 1. The maximum atomic E-state index is 6.27. The first-order valence-electron chi connectivity index (χ1n) is 7.72. The fraction of sp³-hybridized carbons (Fsp3) is 0.647. The van der Waals surface area contributed by atoms with Crippen LogP contribution in [-0.4, -0.2) is 13.1 Å². The van der Waals surface area contributed by atoms with Crippen molar-refractivity contribution >= 4 is 5.69 Å². The minimum Gasteiger partial charge on any atom is -0.371 e. The molecule has 0 amide bonds. The average Bonchev–Trinajstić information content (AvgIpc) is 2.46. The van der Waals surface area contributed by atoms with Gasteiger partial charge in [0.05, 0.1) is 0 Å². The van der Waals surface area contributed by atoms with E-state index < -0.39 is 0 Å². The largest absolute Gasteiger partial charge is 0.371 e. The van der Waals surface area contributed by atoms with Crippen LogP contribution in [0.3, 0.4) is 0 Å². The van der Waals surface area contributed by atoms with Gasteiger partial charge in [0, 0.05) is 24.8 Å². The zero-order valence-corrected chi connectivity index (χ0v) is 12.6. The van der Waals surface area contributed by atoms with E-state index in [4.69, 9.17) is 5.73 Å². The zero-order chi connectivity index (χ0) is 13.8. The summed E-state index contributed by atoms with van der Waals surface area (Å²) in [6.45, 7) is 4.55. The van der Waals surface area contributed by atoms with Crippen molar-refractivity contribution in [1.82, 2.24) is 0 Å². The third-order valence-electron chi connectivity index (χ3n) is 4.72. The van der Waals surface area contributed by atoms with E-state index in [2.05, 4.69) is 50.1 Å². The molecular formula is C17H28N2. The molecule has 1 aliphatic rings. The minimum atomic E-state index is 0.151. The molecule has 1 aromatic carbocycles. The number of para-hydroxylation sites is 1. The first-order valence-corrected chi connectivity index (χ1v) is 7.72. The monoisotopic (exact) mass is 260 g/mol. The summed E-state index contributed by atoms with van der Waals surface area (Å²) in [5.41, 5.74) is 8.90. The highest BCUT2D eigenvalue weighted by molar-refractivity contribution is 5.55. The van der Waals surface area contributed by atoms with Gasteiger partial charge >= 0.3 is 0 Å². The van der Waals surface area contributed by atoms with Crippen LogP contribution in [0.1, 0.15) is 57.6 Å². The van der Waals surface area contributed by atoms with Gasteiger partial charge in [-0.15, -0.1) is 0 Å². The lowest BCUT2D eigenvalue weighted by atomic mass is 9.84. The molecule has 2 heteroatoms. The molecule has 106 valence electrons. The molecule has 0 radical (unpaired) electrons. The van der Waals surface area contributed by atoms with Gasteiger partial charge in [-0.3, -0.25) is 0 Å². The topological polar surface area (TPSA) is 29.3 Å². The van der Waals surface area contributed by atoms with Crippen LogP contribution in [0.15, 0.2) is 24.3 Å². The van der Waals surface area contributed by atoms with Gasteiger partial charge in [0.15, 0.2) is 0 Å². The van der Waals surface area contributed by atoms with Gasteiger partial charge in [0.1, 0.15) is 0 Å². The summed E-state index contributed by atoms with van der Waals surface area (Å²) in [5.74, 6) is 0.782. The van der Waals surface area contributed by atoms with Crippen molar-refractivity contribution in [2.24, 2.45) is 11.7 Å². The molecule has 0 aliphatic heterocycles. The van der Waals surface area contributed by atoms with E-state index in [0.717, 1.165) is 12.3 Å². The highest BCUT2D eigenvalue weighted by atomic mass is 15.1. The van der Waals surface area contributed by atoms with E-state index in [-0.39, 0.29) is 6.04 Å². The number of nitrogens with two attached hydrogens (primary N) is 1. The second-order valence-corrected chi connectivity index (χ2v) is 6.01. The summed E-state index contributed by atoms with van der Waals surface area (Å²) in [7, 11) is 2.24. The van der Waals surface area contributed by atoms with Crippen molar-refractivity contribution in [3.8, 4) is 0 Å². The van der Waals surface area contributed by atoms with E-state index in [1.54, 1.807) is 0 Å². The molecule has 1 aliphatic carbocycles. The molecule has 1 saturated carbocycles. The normalized spacial score (nSPS) is 25.1. The van der Waals surface area contributed by atoms with Gasteiger partial charge in [-0.1, -0.05) is 44.9 Å². The van der Waals surface area contributed by atoms with Crippen LogP contribution in [0.2, 0.25) is 0 Å². The second kappa shape index (κ2) is 6.42. The van der Waals surface area contributed by atoms with Crippen LogP contribution < -0.4 is 10.6 Å². The summed E-state index contributed by atoms with van der Waals surface area (Å²) < 4.78 is 0. The van der Waals surface area contributed by atoms with E-state index in [1.807, 2.05) is 0 Å². The standard InChI is InChI=1S/C17H28N2/c1-4-15(18)14-10-6-8-12-17(14)19(3)16-11-7-5-9-13(16)2/h6,8,10,12-13,15-16H,4-5,7,9,11,18H2,1-3H3. The lowest BCUT2D eigenvalue weighted by molar-refractivity contribution is 0.321. The Labute approximate surface area is 118 Å². The van der Waals surface area contributed by atoms with Gasteiger partial charge in [0.2, 0.25) is 0 Å². The molecule has 0 saturated heterocycles. The quantitative estimate of drug-likeness (QED) is 0.882. The van der Waals surface area contributed by atoms with E-state index in [9.17, 15) is 0 Å². The molecule has 1 aromatic rings. The molecular weight excluding hydrogens is 232 g/mol. The van der Waals surface area contributed by atoms with Gasteiger partial charge < -0.3 is 10.6 Å². The third kappa shape index (κ3) is 3.11. The Kier molecular flexibility index (Phi) is 4.87. The Morgan fingerprint density at radius 1 is 1.26 bits per heavy atom. The molecule has 3 unspecified atom stereocenters. The van der Waals surface area contributed by atoms with E-state index in [0.29, 0.717) is 6.04 Å². The van der Waals surface area contributed by atoms with Crippen LogP contribution in [0, 0.1) is 5.92 Å². The van der Waals surface area contributed by atoms with Crippen molar-refractivity contribution in [3.63, 3.8) is 0 Å². The van der Waals surface area contributed by atoms with Crippen LogP contribution >= 0.6 is 0 Å². The highest BCUT2D eigenvalue weighted by Gasteiger charge is 2.26. The number of hydrogen-bond acceptors (Lipinski definition) is 2.